The first-order chi connectivity index (χ1) is 8.34. The van der Waals surface area contributed by atoms with Gasteiger partial charge in [0.25, 0.3) is 0 Å². The molecule has 17 heavy (non-hydrogen) atoms. The maximum absolute atomic E-state index is 6.12. The Morgan fingerprint density at radius 2 is 1.65 bits per heavy atom. The van der Waals surface area contributed by atoms with Crippen molar-refractivity contribution in [3.63, 3.8) is 0 Å². The second-order valence-electron chi connectivity index (χ2n) is 3.91. The van der Waals surface area contributed by atoms with Crippen LogP contribution in [0.5, 0.6) is 0 Å². The standard InChI is InChI=1S/C14H12N2O/c15-13(10-6-2-1-3-7-10)14-16-11-8-4-5-9-12(11)17-14/h1-9,13H,15H2. The van der Waals surface area contributed by atoms with Gasteiger partial charge in [-0.05, 0) is 17.7 Å². The minimum absolute atomic E-state index is 0.316. The van der Waals surface area contributed by atoms with E-state index in [2.05, 4.69) is 4.98 Å². The van der Waals surface area contributed by atoms with Crippen LogP contribution in [0.4, 0.5) is 0 Å². The van der Waals surface area contributed by atoms with Crippen molar-refractivity contribution in [2.45, 2.75) is 6.04 Å². The average Bonchev–Trinajstić information content (AvgIpc) is 2.82. The van der Waals surface area contributed by atoms with Gasteiger partial charge in [0.1, 0.15) is 11.6 Å². The molecule has 3 rings (SSSR count). The van der Waals surface area contributed by atoms with Gasteiger partial charge in [0.05, 0.1) is 0 Å². The smallest absolute Gasteiger partial charge is 0.217 e. The monoisotopic (exact) mass is 224 g/mol. The molecular formula is C14H12N2O. The number of rotatable bonds is 2. The van der Waals surface area contributed by atoms with Crippen LogP contribution in [0.3, 0.4) is 0 Å². The van der Waals surface area contributed by atoms with Gasteiger partial charge in [-0.15, -0.1) is 0 Å². The van der Waals surface area contributed by atoms with Crippen LogP contribution in [0, 0.1) is 0 Å². The number of para-hydroxylation sites is 2. The molecule has 0 radical (unpaired) electrons. The lowest BCUT2D eigenvalue weighted by Crippen LogP contribution is -2.11. The van der Waals surface area contributed by atoms with Gasteiger partial charge in [0, 0.05) is 0 Å². The molecule has 84 valence electrons. The van der Waals surface area contributed by atoms with Crippen molar-refractivity contribution in [2.75, 3.05) is 0 Å². The molecule has 0 spiro atoms. The summed E-state index contributed by atoms with van der Waals surface area (Å²) in [5, 5.41) is 0. The number of oxazole rings is 1. The summed E-state index contributed by atoms with van der Waals surface area (Å²) in [6, 6.07) is 17.2. The van der Waals surface area contributed by atoms with Crippen molar-refractivity contribution in [1.29, 1.82) is 0 Å². The van der Waals surface area contributed by atoms with Crippen LogP contribution < -0.4 is 5.73 Å². The Balaban J connectivity index is 2.04. The molecule has 0 aliphatic carbocycles. The van der Waals surface area contributed by atoms with E-state index in [1.165, 1.54) is 0 Å². The first-order valence-electron chi connectivity index (χ1n) is 5.50. The summed E-state index contributed by atoms with van der Waals surface area (Å²) in [5.41, 5.74) is 8.74. The van der Waals surface area contributed by atoms with Crippen LogP contribution in [0.15, 0.2) is 59.0 Å². The molecular weight excluding hydrogens is 212 g/mol. The highest BCUT2D eigenvalue weighted by Gasteiger charge is 2.15. The van der Waals surface area contributed by atoms with Crippen molar-refractivity contribution in [2.24, 2.45) is 5.73 Å². The van der Waals surface area contributed by atoms with Crippen molar-refractivity contribution < 1.29 is 4.42 Å². The molecule has 3 aromatic rings. The molecule has 3 heteroatoms. The number of aromatic nitrogens is 1. The van der Waals surface area contributed by atoms with Crippen LogP contribution in [0.25, 0.3) is 11.1 Å². The van der Waals surface area contributed by atoms with Gasteiger partial charge < -0.3 is 10.2 Å². The molecule has 0 bridgehead atoms. The molecule has 1 heterocycles. The molecule has 0 saturated heterocycles. The fourth-order valence-corrected chi connectivity index (χ4v) is 1.83. The number of hydrogen-bond acceptors (Lipinski definition) is 3. The summed E-state index contributed by atoms with van der Waals surface area (Å²) in [6.45, 7) is 0. The normalized spacial score (nSPS) is 12.8. The fourth-order valence-electron chi connectivity index (χ4n) is 1.83. The van der Waals surface area contributed by atoms with Gasteiger partial charge in [-0.2, -0.15) is 0 Å². The third-order valence-corrected chi connectivity index (χ3v) is 2.74. The Morgan fingerprint density at radius 1 is 0.941 bits per heavy atom. The van der Waals surface area contributed by atoms with Crippen LogP contribution in [0.2, 0.25) is 0 Å². The lowest BCUT2D eigenvalue weighted by Gasteiger charge is -2.06. The Hall–Kier alpha value is -2.13. The van der Waals surface area contributed by atoms with Crippen LogP contribution >= 0.6 is 0 Å². The molecule has 1 aromatic heterocycles. The second-order valence-corrected chi connectivity index (χ2v) is 3.91. The largest absolute Gasteiger partial charge is 0.439 e. The maximum Gasteiger partial charge on any atom is 0.217 e. The minimum Gasteiger partial charge on any atom is -0.439 e. The molecule has 2 aromatic carbocycles. The molecule has 2 N–H and O–H groups in total. The number of hydrogen-bond donors (Lipinski definition) is 1. The third kappa shape index (κ3) is 1.81. The molecule has 1 atom stereocenters. The van der Waals surface area contributed by atoms with Crippen molar-refractivity contribution in [1.82, 2.24) is 4.98 Å². The number of nitrogens with zero attached hydrogens (tertiary/aromatic N) is 1. The summed E-state index contributed by atoms with van der Waals surface area (Å²) in [4.78, 5) is 4.40. The SMILES string of the molecule is NC(c1ccccc1)c1nc2ccccc2o1. The zero-order valence-electron chi connectivity index (χ0n) is 9.21. The van der Waals surface area contributed by atoms with E-state index in [1.54, 1.807) is 0 Å². The molecule has 0 aliphatic heterocycles. The average molecular weight is 224 g/mol. The highest BCUT2D eigenvalue weighted by Crippen LogP contribution is 2.22. The summed E-state index contributed by atoms with van der Waals surface area (Å²) in [5.74, 6) is 0.553. The summed E-state index contributed by atoms with van der Waals surface area (Å²) >= 11 is 0. The first-order valence-corrected chi connectivity index (χ1v) is 5.50. The molecule has 3 nitrogen and oxygen atoms in total. The quantitative estimate of drug-likeness (QED) is 0.728. The zero-order chi connectivity index (χ0) is 11.7. The first kappa shape index (κ1) is 10.1. The van der Waals surface area contributed by atoms with Crippen molar-refractivity contribution in [3.05, 3.63) is 66.1 Å². The van der Waals surface area contributed by atoms with E-state index < -0.39 is 0 Å². The summed E-state index contributed by atoms with van der Waals surface area (Å²) in [6.07, 6.45) is 0. The minimum atomic E-state index is -0.316. The van der Waals surface area contributed by atoms with E-state index in [0.29, 0.717) is 5.89 Å². The Morgan fingerprint density at radius 3 is 2.41 bits per heavy atom. The molecule has 0 fully saturated rings. The van der Waals surface area contributed by atoms with Crippen LogP contribution in [0.1, 0.15) is 17.5 Å². The predicted octanol–water partition coefficient (Wildman–Crippen LogP) is 2.88. The van der Waals surface area contributed by atoms with Crippen LogP contribution in [-0.4, -0.2) is 4.98 Å². The van der Waals surface area contributed by atoms with Gasteiger partial charge in [-0.3, -0.25) is 0 Å². The summed E-state index contributed by atoms with van der Waals surface area (Å²) in [7, 11) is 0. The van der Waals surface area contributed by atoms with Crippen molar-refractivity contribution >= 4 is 11.1 Å². The Kier molecular flexibility index (Phi) is 2.38. The molecule has 0 saturated carbocycles. The van der Waals surface area contributed by atoms with Crippen LogP contribution in [-0.2, 0) is 0 Å². The van der Waals surface area contributed by atoms with E-state index in [-0.39, 0.29) is 6.04 Å². The Labute approximate surface area is 98.9 Å². The van der Waals surface area contributed by atoms with Gasteiger partial charge in [-0.1, -0.05) is 42.5 Å². The van der Waals surface area contributed by atoms with E-state index in [9.17, 15) is 0 Å². The lowest BCUT2D eigenvalue weighted by atomic mass is 10.1. The summed E-state index contributed by atoms with van der Waals surface area (Å²) < 4.78 is 5.65. The molecule has 0 amide bonds. The highest BCUT2D eigenvalue weighted by molar-refractivity contribution is 5.72. The van der Waals surface area contributed by atoms with E-state index in [4.69, 9.17) is 10.2 Å². The third-order valence-electron chi connectivity index (χ3n) is 2.74. The fraction of sp³-hybridized carbons (Fsp3) is 0.0714. The van der Waals surface area contributed by atoms with Crippen molar-refractivity contribution in [3.8, 4) is 0 Å². The van der Waals surface area contributed by atoms with E-state index >= 15 is 0 Å². The van der Waals surface area contributed by atoms with E-state index in [0.717, 1.165) is 16.7 Å². The zero-order valence-corrected chi connectivity index (χ0v) is 9.21. The number of nitrogens with two attached hydrogens (primary N) is 1. The molecule has 0 aliphatic rings. The Bertz CT molecular complexity index is 598. The highest BCUT2D eigenvalue weighted by atomic mass is 16.3. The number of fused-ring (bicyclic) bond motifs is 1. The van der Waals surface area contributed by atoms with Gasteiger partial charge in [0.15, 0.2) is 5.58 Å². The topological polar surface area (TPSA) is 52.0 Å². The van der Waals surface area contributed by atoms with Gasteiger partial charge in [-0.25, -0.2) is 4.98 Å². The number of benzene rings is 2. The van der Waals surface area contributed by atoms with Gasteiger partial charge in [0.2, 0.25) is 5.89 Å². The molecule has 1 unspecified atom stereocenters. The second kappa shape index (κ2) is 4.03. The van der Waals surface area contributed by atoms with Gasteiger partial charge >= 0.3 is 0 Å². The van der Waals surface area contributed by atoms with E-state index in [1.807, 2.05) is 54.6 Å². The lowest BCUT2D eigenvalue weighted by molar-refractivity contribution is 0.505. The maximum atomic E-state index is 6.12. The predicted molar refractivity (Wildman–Crippen MR) is 66.5 cm³/mol.